The third-order valence-corrected chi connectivity index (χ3v) is 19.0. The normalized spacial score (nSPS) is 39.0. The largest absolute Gasteiger partial charge is 0.463 e. The molecule has 35 nitrogen and oxygen atoms in total. The molecule has 0 aromatic rings. The van der Waals surface area contributed by atoms with Crippen molar-refractivity contribution < 1.29 is 147 Å². The van der Waals surface area contributed by atoms with Crippen LogP contribution in [0, 0.1) is 5.92 Å². The van der Waals surface area contributed by atoms with Crippen LogP contribution in [0.2, 0.25) is 0 Å². The zero-order chi connectivity index (χ0) is 74.4. The first kappa shape index (κ1) is 85.6. The zero-order valence-electron chi connectivity index (χ0n) is 58.8. The molecule has 30 atom stereocenters. The fraction of sp³-hybridized carbons (Fsp3) is 0.879. The summed E-state index contributed by atoms with van der Waals surface area (Å²) in [7, 11) is 1.29. The Balaban J connectivity index is 1.17. The highest BCUT2D eigenvalue weighted by Gasteiger charge is 2.58. The molecule has 0 aromatic heterocycles. The van der Waals surface area contributed by atoms with Gasteiger partial charge in [0.2, 0.25) is 29.5 Å². The van der Waals surface area contributed by atoms with Crippen molar-refractivity contribution in [2.45, 2.75) is 322 Å². The Kier molecular flexibility index (Phi) is 35.7. The van der Waals surface area contributed by atoms with Crippen LogP contribution in [0.25, 0.3) is 0 Å². The molecule has 1 saturated carbocycles. The van der Waals surface area contributed by atoms with E-state index in [1.54, 1.807) is 6.92 Å². The molecule has 17 N–H and O–H groups in total. The van der Waals surface area contributed by atoms with E-state index in [2.05, 4.69) is 45.7 Å². The van der Waals surface area contributed by atoms with Gasteiger partial charge in [0.1, 0.15) is 141 Å². The van der Waals surface area contributed by atoms with Crippen LogP contribution in [0.1, 0.15) is 145 Å². The molecule has 6 fully saturated rings. The first-order valence-electron chi connectivity index (χ1n) is 35.2. The Morgan fingerprint density at radius 2 is 0.812 bits per heavy atom. The topological polar surface area (TPSA) is 516 Å². The van der Waals surface area contributed by atoms with E-state index in [4.69, 9.17) is 56.8 Å². The summed E-state index contributed by atoms with van der Waals surface area (Å²) < 4.78 is 72.2. The van der Waals surface area contributed by atoms with Gasteiger partial charge in [-0.05, 0) is 44.4 Å². The average molecular weight is 1460 g/mol. The van der Waals surface area contributed by atoms with Gasteiger partial charge in [0, 0.05) is 48.1 Å². The number of aliphatic hydroxyl groups is 12. The summed E-state index contributed by atoms with van der Waals surface area (Å²) in [5.41, 5.74) is 0. The van der Waals surface area contributed by atoms with Crippen LogP contribution in [0.15, 0.2) is 12.2 Å². The third kappa shape index (κ3) is 24.1. The smallest absolute Gasteiger partial charge is 0.302 e. The number of allylic oxidation sites excluding steroid dienone is 2. The minimum Gasteiger partial charge on any atom is -0.463 e. The maximum absolute atomic E-state index is 13.6. The minimum absolute atomic E-state index is 0.000722. The van der Waals surface area contributed by atoms with E-state index in [1.807, 2.05) is 0 Å². The van der Waals surface area contributed by atoms with Crippen LogP contribution in [0.5, 0.6) is 0 Å². The molecule has 582 valence electrons. The molecule has 5 saturated heterocycles. The SMILES string of the molecule is CCCCCC/C=C\CCCCCCCCCC(=O)NC1[C@H](O[C@@H]2C(CO)O[C@@H](O[C@@H]3C(CO)O[C@@H](O[C@@H]4C(CO)O[C@@H](O[C@@H]5C(CO[C@@H]6CC(C)[C@@H](O)C(O)[C@H]6OC)O[C@@H](O)C(NC(C)=O)[C@H]5O)C(NC(C)=O)[C@H]4O)C(NC(C)=O)[C@H]3O)C(NC(C)=O)[C@H]2O)OC(COC(C)=O)[C@@H](O)[C@@H]1O. The first-order valence-corrected chi connectivity index (χ1v) is 35.2. The van der Waals surface area contributed by atoms with E-state index in [0.29, 0.717) is 6.42 Å². The summed E-state index contributed by atoms with van der Waals surface area (Å²) in [6, 6.07) is -8.36. The highest BCUT2D eigenvalue weighted by molar-refractivity contribution is 5.76. The van der Waals surface area contributed by atoms with Gasteiger partial charge in [-0.25, -0.2) is 0 Å². The lowest BCUT2D eigenvalue weighted by atomic mass is 9.81. The zero-order valence-corrected chi connectivity index (χ0v) is 58.8. The highest BCUT2D eigenvalue weighted by atomic mass is 16.8. The number of unbranched alkanes of at least 4 members (excludes halogenated alkanes) is 11. The number of ether oxygens (including phenoxy) is 12. The molecule has 1 aliphatic carbocycles. The van der Waals surface area contributed by atoms with Crippen LogP contribution >= 0.6 is 0 Å². The van der Waals surface area contributed by atoms with Crippen LogP contribution < -0.4 is 26.6 Å². The Labute approximate surface area is 587 Å². The number of amides is 5. The molecule has 0 radical (unpaired) electrons. The molecular formula is C66H113N5O30. The predicted octanol–water partition coefficient (Wildman–Crippen LogP) is -4.45. The molecule has 5 heterocycles. The number of carbonyl (C=O) groups is 6. The maximum atomic E-state index is 13.6. The summed E-state index contributed by atoms with van der Waals surface area (Å²) in [6.07, 6.45) is -22.6. The number of aliphatic hydroxyl groups excluding tert-OH is 12. The Hall–Kier alpha value is -4.36. The van der Waals surface area contributed by atoms with Crippen molar-refractivity contribution in [3.63, 3.8) is 0 Å². The van der Waals surface area contributed by atoms with Crippen molar-refractivity contribution in [2.75, 3.05) is 40.1 Å². The lowest BCUT2D eigenvalue weighted by Gasteiger charge is -2.51. The quantitative estimate of drug-likeness (QED) is 0.0158. The first-order chi connectivity index (χ1) is 48.1. The van der Waals surface area contributed by atoms with Gasteiger partial charge in [0.05, 0.1) is 38.6 Å². The molecule has 0 aromatic carbocycles. The monoisotopic (exact) mass is 1460 g/mol. The Bertz CT molecular complexity index is 2570. The third-order valence-electron chi connectivity index (χ3n) is 19.0. The fourth-order valence-electron chi connectivity index (χ4n) is 13.7. The second kappa shape index (κ2) is 42.1. The number of carbonyl (C=O) groups excluding carboxylic acids is 6. The second-order valence-electron chi connectivity index (χ2n) is 27.0. The molecule has 101 heavy (non-hydrogen) atoms. The summed E-state index contributed by atoms with van der Waals surface area (Å²) in [5, 5.41) is 149. The molecule has 5 aliphatic heterocycles. The second-order valence-corrected chi connectivity index (χ2v) is 27.0. The fourth-order valence-corrected chi connectivity index (χ4v) is 13.7. The van der Waals surface area contributed by atoms with Crippen molar-refractivity contribution in [2.24, 2.45) is 5.92 Å². The lowest BCUT2D eigenvalue weighted by molar-refractivity contribution is -0.367. The summed E-state index contributed by atoms with van der Waals surface area (Å²) in [4.78, 5) is 76.7. The number of hydrogen-bond donors (Lipinski definition) is 17. The van der Waals surface area contributed by atoms with Crippen LogP contribution in [0.4, 0.5) is 0 Å². The van der Waals surface area contributed by atoms with Gasteiger partial charge in [-0.15, -0.1) is 0 Å². The van der Waals surface area contributed by atoms with E-state index in [-0.39, 0.29) is 12.8 Å². The number of rotatable bonds is 37. The maximum Gasteiger partial charge on any atom is 0.302 e. The number of methoxy groups -OCH3 is 1. The van der Waals surface area contributed by atoms with E-state index in [9.17, 15) is 90.0 Å². The van der Waals surface area contributed by atoms with E-state index < -0.39 is 252 Å². The molecule has 6 rings (SSSR count). The van der Waals surface area contributed by atoms with Crippen molar-refractivity contribution >= 4 is 35.5 Å². The van der Waals surface area contributed by atoms with Crippen molar-refractivity contribution in [1.82, 2.24) is 26.6 Å². The summed E-state index contributed by atoms with van der Waals surface area (Å²) in [5.74, 6) is -4.96. The van der Waals surface area contributed by atoms with Crippen LogP contribution in [0.3, 0.4) is 0 Å². The molecule has 0 bridgehead atoms. The Morgan fingerprint density at radius 3 is 1.23 bits per heavy atom. The van der Waals surface area contributed by atoms with Crippen LogP contribution in [-0.4, -0.2) is 315 Å². The number of nitrogens with one attached hydrogen (secondary N) is 5. The van der Waals surface area contributed by atoms with Gasteiger partial charge in [0.15, 0.2) is 31.5 Å². The standard InChI is InChI=1S/C66H113N5O30/c1-9-10-11-12-13-14-15-16-17-18-19-20-21-22-23-24-43(80)71-45-51(83)50(82)41(29-91-36(7)79)97-63(45)98-58-38(26-72)94-64(46(53(58)85)68-33(4)76)99-59-39(27-73)95-65(47(54(59)86)69-34(5)77)100-60-40(28-74)96-66(48(55(60)87)70-35(6)78)101-61-42(93-62(89)44(52(61)84)67-32(3)75)30-92-37-25-31(2)49(81)56(88)57(37)90-8/h14-15,31,37-42,44-66,72-74,81-89H,9-13,16-30H2,1-8H3,(H,67,75)(H,68,76)(H,69,77)(H,70,78)(H,71,80)/b15-14-/t31?,37-,38?,39?,40?,41?,42?,44?,45?,46?,47?,48?,49-,50-,51-,52-,53-,54-,55-,56?,57+,58-,59-,60-,61-,62-,63+,64+,65+,66+/m1/s1. The molecular weight excluding hydrogens is 1340 g/mol. The van der Waals surface area contributed by atoms with Gasteiger partial charge in [-0.2, -0.15) is 0 Å². The lowest BCUT2D eigenvalue weighted by Crippen LogP contribution is -2.72. The molecule has 6 aliphatic rings. The Morgan fingerprint density at radius 1 is 0.426 bits per heavy atom. The molecule has 5 amide bonds. The van der Waals surface area contributed by atoms with Gasteiger partial charge in [-0.1, -0.05) is 77.4 Å². The van der Waals surface area contributed by atoms with Crippen molar-refractivity contribution in [1.29, 1.82) is 0 Å². The molecule has 0 spiro atoms. The van der Waals surface area contributed by atoms with Gasteiger partial charge < -0.3 is 145 Å². The minimum atomic E-state index is -2.05. The van der Waals surface area contributed by atoms with Gasteiger partial charge in [0.25, 0.3) is 0 Å². The van der Waals surface area contributed by atoms with Gasteiger partial charge >= 0.3 is 5.97 Å². The summed E-state index contributed by atoms with van der Waals surface area (Å²) in [6.45, 7) is 5.06. The summed E-state index contributed by atoms with van der Waals surface area (Å²) >= 11 is 0. The van der Waals surface area contributed by atoms with Crippen LogP contribution in [-0.2, 0) is 85.6 Å². The number of hydrogen-bond acceptors (Lipinski definition) is 30. The van der Waals surface area contributed by atoms with E-state index in [0.717, 1.165) is 86.0 Å². The molecule has 35 heteroatoms. The average Bonchev–Trinajstić information content (AvgIpc) is 0.774. The van der Waals surface area contributed by atoms with E-state index >= 15 is 0 Å². The van der Waals surface area contributed by atoms with Crippen molar-refractivity contribution in [3.05, 3.63) is 12.2 Å². The van der Waals surface area contributed by atoms with Gasteiger partial charge in [-0.3, -0.25) is 28.8 Å². The molecule has 12 unspecified atom stereocenters. The predicted molar refractivity (Wildman–Crippen MR) is 347 cm³/mol. The number of esters is 1. The highest BCUT2D eigenvalue weighted by Crippen LogP contribution is 2.38. The van der Waals surface area contributed by atoms with Crippen molar-refractivity contribution in [3.8, 4) is 0 Å². The van der Waals surface area contributed by atoms with E-state index in [1.165, 1.54) is 32.8 Å².